The number of hydrogen-bond donors (Lipinski definition) is 1. The van der Waals surface area contributed by atoms with Crippen LogP contribution in [0.1, 0.15) is 25.0 Å². The standard InChI is InChI=1S/C13H20N2O2/c1-10-5-6-11(17-10)15(3)12(16)13(9-14-2)7-4-8-13/h5-6,14H,4,7-9H2,1-3H3. The average molecular weight is 236 g/mol. The fraction of sp³-hybridized carbons (Fsp3) is 0.615. The zero-order valence-electron chi connectivity index (χ0n) is 10.7. The quantitative estimate of drug-likeness (QED) is 0.869. The first-order valence-corrected chi connectivity index (χ1v) is 6.08. The molecule has 0 aromatic carbocycles. The molecular weight excluding hydrogens is 216 g/mol. The van der Waals surface area contributed by atoms with E-state index in [1.54, 1.807) is 11.9 Å². The van der Waals surface area contributed by atoms with Gasteiger partial charge in [-0.1, -0.05) is 6.42 Å². The molecule has 0 unspecified atom stereocenters. The van der Waals surface area contributed by atoms with Crippen LogP contribution in [-0.2, 0) is 4.79 Å². The molecule has 1 aliphatic carbocycles. The van der Waals surface area contributed by atoms with E-state index in [0.29, 0.717) is 5.88 Å². The molecule has 1 saturated carbocycles. The number of carbonyl (C=O) groups excluding carboxylic acids is 1. The van der Waals surface area contributed by atoms with Gasteiger partial charge in [-0.3, -0.25) is 9.69 Å². The largest absolute Gasteiger partial charge is 0.445 e. The van der Waals surface area contributed by atoms with Crippen LogP contribution in [0.2, 0.25) is 0 Å². The maximum Gasteiger partial charge on any atom is 0.236 e. The first-order chi connectivity index (χ1) is 8.09. The number of rotatable bonds is 4. The highest BCUT2D eigenvalue weighted by Crippen LogP contribution is 2.42. The van der Waals surface area contributed by atoms with Crippen molar-refractivity contribution in [2.75, 3.05) is 25.5 Å². The Bertz CT molecular complexity index is 407. The molecule has 1 aromatic rings. The van der Waals surface area contributed by atoms with Crippen LogP contribution in [0.3, 0.4) is 0 Å². The summed E-state index contributed by atoms with van der Waals surface area (Å²) in [6.07, 6.45) is 3.08. The molecular formula is C13H20N2O2. The molecule has 0 spiro atoms. The van der Waals surface area contributed by atoms with Gasteiger partial charge in [0.15, 0.2) is 0 Å². The van der Waals surface area contributed by atoms with E-state index in [1.165, 1.54) is 0 Å². The van der Waals surface area contributed by atoms with Gasteiger partial charge in [-0.25, -0.2) is 0 Å². The van der Waals surface area contributed by atoms with E-state index in [-0.39, 0.29) is 11.3 Å². The molecule has 0 atom stereocenters. The molecule has 1 amide bonds. The predicted octanol–water partition coefficient (Wildman–Crippen LogP) is 1.94. The number of anilines is 1. The van der Waals surface area contributed by atoms with Crippen molar-refractivity contribution in [3.05, 3.63) is 17.9 Å². The van der Waals surface area contributed by atoms with Crippen LogP contribution >= 0.6 is 0 Å². The summed E-state index contributed by atoms with van der Waals surface area (Å²) in [4.78, 5) is 14.1. The molecule has 1 aromatic heterocycles. The molecule has 0 saturated heterocycles. The van der Waals surface area contributed by atoms with Gasteiger partial charge < -0.3 is 9.73 Å². The topological polar surface area (TPSA) is 45.5 Å². The van der Waals surface area contributed by atoms with Gasteiger partial charge in [0, 0.05) is 19.7 Å². The number of nitrogens with one attached hydrogen (secondary N) is 1. The third-order valence-corrected chi connectivity index (χ3v) is 3.64. The third kappa shape index (κ3) is 2.09. The molecule has 17 heavy (non-hydrogen) atoms. The SMILES string of the molecule is CNCC1(C(=O)N(C)c2ccc(C)o2)CCC1. The summed E-state index contributed by atoms with van der Waals surface area (Å²) >= 11 is 0. The van der Waals surface area contributed by atoms with Crippen molar-refractivity contribution in [3.63, 3.8) is 0 Å². The normalized spacial score (nSPS) is 17.6. The Morgan fingerprint density at radius 1 is 1.53 bits per heavy atom. The van der Waals surface area contributed by atoms with Crippen LogP contribution < -0.4 is 10.2 Å². The molecule has 1 fully saturated rings. The summed E-state index contributed by atoms with van der Waals surface area (Å²) in [5.74, 6) is 1.62. The van der Waals surface area contributed by atoms with Crippen molar-refractivity contribution < 1.29 is 9.21 Å². The van der Waals surface area contributed by atoms with Gasteiger partial charge in [-0.05, 0) is 32.9 Å². The van der Waals surface area contributed by atoms with Crippen molar-refractivity contribution in [2.24, 2.45) is 5.41 Å². The van der Waals surface area contributed by atoms with Crippen LogP contribution in [0.25, 0.3) is 0 Å². The highest BCUT2D eigenvalue weighted by molar-refractivity contribution is 5.96. The van der Waals surface area contributed by atoms with Crippen LogP contribution in [0.15, 0.2) is 16.5 Å². The minimum Gasteiger partial charge on any atom is -0.445 e. The summed E-state index contributed by atoms with van der Waals surface area (Å²) in [6, 6.07) is 3.73. The van der Waals surface area contributed by atoms with Gasteiger partial charge in [-0.15, -0.1) is 0 Å². The van der Waals surface area contributed by atoms with E-state index < -0.39 is 0 Å². The van der Waals surface area contributed by atoms with Crippen LogP contribution in [0, 0.1) is 12.3 Å². The summed E-state index contributed by atoms with van der Waals surface area (Å²) in [5, 5.41) is 3.12. The highest BCUT2D eigenvalue weighted by atomic mass is 16.4. The number of amides is 1. The van der Waals surface area contributed by atoms with E-state index in [4.69, 9.17) is 4.42 Å². The Balaban J connectivity index is 2.13. The Kier molecular flexibility index (Phi) is 3.24. The molecule has 2 rings (SSSR count). The molecule has 0 aliphatic heterocycles. The van der Waals surface area contributed by atoms with E-state index in [1.807, 2.05) is 26.1 Å². The van der Waals surface area contributed by atoms with Gasteiger partial charge in [0.25, 0.3) is 0 Å². The molecule has 1 aliphatic rings. The van der Waals surface area contributed by atoms with Crippen LogP contribution in [0.4, 0.5) is 5.88 Å². The van der Waals surface area contributed by atoms with Crippen molar-refractivity contribution in [2.45, 2.75) is 26.2 Å². The van der Waals surface area contributed by atoms with Gasteiger partial charge in [-0.2, -0.15) is 0 Å². The molecule has 94 valence electrons. The maximum absolute atomic E-state index is 12.5. The highest BCUT2D eigenvalue weighted by Gasteiger charge is 2.45. The second-order valence-corrected chi connectivity index (χ2v) is 4.91. The fourth-order valence-corrected chi connectivity index (χ4v) is 2.47. The third-order valence-electron chi connectivity index (χ3n) is 3.64. The number of carbonyl (C=O) groups is 1. The summed E-state index contributed by atoms with van der Waals surface area (Å²) in [5.41, 5.74) is -0.218. The minimum atomic E-state index is -0.218. The molecule has 4 heteroatoms. The minimum absolute atomic E-state index is 0.160. The number of aryl methyl sites for hydroxylation is 1. The Morgan fingerprint density at radius 3 is 2.65 bits per heavy atom. The maximum atomic E-state index is 12.5. The van der Waals surface area contributed by atoms with Gasteiger partial charge in [0.2, 0.25) is 11.8 Å². The molecule has 0 radical (unpaired) electrons. The number of furan rings is 1. The van der Waals surface area contributed by atoms with Crippen LogP contribution in [0.5, 0.6) is 0 Å². The van der Waals surface area contributed by atoms with E-state index in [2.05, 4.69) is 5.32 Å². The summed E-state index contributed by atoms with van der Waals surface area (Å²) < 4.78 is 5.49. The second-order valence-electron chi connectivity index (χ2n) is 4.91. The predicted molar refractivity (Wildman–Crippen MR) is 67.1 cm³/mol. The Labute approximate surface area is 102 Å². The zero-order chi connectivity index (χ0) is 12.5. The molecule has 0 bridgehead atoms. The number of nitrogens with zero attached hydrogens (tertiary/aromatic N) is 1. The Morgan fingerprint density at radius 2 is 2.24 bits per heavy atom. The van der Waals surface area contributed by atoms with Gasteiger partial charge in [0.05, 0.1) is 5.41 Å². The lowest BCUT2D eigenvalue weighted by molar-refractivity contribution is -0.132. The monoisotopic (exact) mass is 236 g/mol. The fourth-order valence-electron chi connectivity index (χ4n) is 2.47. The zero-order valence-corrected chi connectivity index (χ0v) is 10.7. The first kappa shape index (κ1) is 12.2. The lowest BCUT2D eigenvalue weighted by atomic mass is 9.67. The number of hydrogen-bond acceptors (Lipinski definition) is 3. The summed E-state index contributed by atoms with van der Waals surface area (Å²) in [6.45, 7) is 2.63. The Hall–Kier alpha value is -1.29. The van der Waals surface area contributed by atoms with Gasteiger partial charge >= 0.3 is 0 Å². The van der Waals surface area contributed by atoms with Crippen molar-refractivity contribution >= 4 is 11.8 Å². The molecule has 1 N–H and O–H groups in total. The second kappa shape index (κ2) is 4.53. The average Bonchev–Trinajstić information content (AvgIpc) is 2.68. The first-order valence-electron chi connectivity index (χ1n) is 6.08. The van der Waals surface area contributed by atoms with Crippen molar-refractivity contribution in [1.82, 2.24) is 5.32 Å². The van der Waals surface area contributed by atoms with Gasteiger partial charge in [0.1, 0.15) is 5.76 Å². The molecule has 4 nitrogen and oxygen atoms in total. The van der Waals surface area contributed by atoms with E-state index in [0.717, 1.165) is 31.6 Å². The van der Waals surface area contributed by atoms with Crippen molar-refractivity contribution in [3.8, 4) is 0 Å². The molecule has 1 heterocycles. The van der Waals surface area contributed by atoms with E-state index >= 15 is 0 Å². The van der Waals surface area contributed by atoms with Crippen molar-refractivity contribution in [1.29, 1.82) is 0 Å². The lowest BCUT2D eigenvalue weighted by Gasteiger charge is -2.42. The van der Waals surface area contributed by atoms with Crippen LogP contribution in [-0.4, -0.2) is 26.5 Å². The summed E-state index contributed by atoms with van der Waals surface area (Å²) in [7, 11) is 3.68. The smallest absolute Gasteiger partial charge is 0.236 e. The van der Waals surface area contributed by atoms with E-state index in [9.17, 15) is 4.79 Å². The lowest BCUT2D eigenvalue weighted by Crippen LogP contribution is -2.51.